The highest BCUT2D eigenvalue weighted by molar-refractivity contribution is 5.60. The molecule has 0 radical (unpaired) electrons. The molecule has 1 N–H and O–H groups in total. The third-order valence-corrected chi connectivity index (χ3v) is 2.85. The largest absolute Gasteiger partial charge is 0.377 e. The van der Waals surface area contributed by atoms with E-state index in [1.165, 1.54) is 0 Å². The van der Waals surface area contributed by atoms with Crippen LogP contribution in [0.5, 0.6) is 0 Å². The van der Waals surface area contributed by atoms with Gasteiger partial charge < -0.3 is 15.0 Å². The third-order valence-electron chi connectivity index (χ3n) is 2.85. The molecule has 0 aliphatic heterocycles. The van der Waals surface area contributed by atoms with Crippen LogP contribution >= 0.6 is 0 Å². The van der Waals surface area contributed by atoms with Crippen molar-refractivity contribution in [2.45, 2.75) is 26.5 Å². The molecular weight excluding hydrogens is 238 g/mol. The van der Waals surface area contributed by atoms with Gasteiger partial charge in [-0.3, -0.25) is 0 Å². The van der Waals surface area contributed by atoms with E-state index in [1.54, 1.807) is 0 Å². The minimum Gasteiger partial charge on any atom is -0.377 e. The lowest BCUT2D eigenvalue weighted by Crippen LogP contribution is -2.24. The number of nitriles is 1. The molecular formula is C15H23N3O. The number of likely N-dealkylation sites (N-methyl/N-ethyl adjacent to an activating group) is 1. The molecule has 1 rings (SSSR count). The first-order chi connectivity index (χ1) is 9.08. The highest BCUT2D eigenvalue weighted by Gasteiger charge is 2.08. The smallest absolute Gasteiger partial charge is 0.101 e. The van der Waals surface area contributed by atoms with Crippen LogP contribution < -0.4 is 10.2 Å². The van der Waals surface area contributed by atoms with E-state index in [9.17, 15) is 5.26 Å². The van der Waals surface area contributed by atoms with Gasteiger partial charge in [0.2, 0.25) is 0 Å². The monoisotopic (exact) mass is 261 g/mol. The minimum atomic E-state index is 0.238. The van der Waals surface area contributed by atoms with E-state index in [0.717, 1.165) is 24.3 Å². The van der Waals surface area contributed by atoms with Gasteiger partial charge in [-0.1, -0.05) is 6.07 Å². The zero-order valence-corrected chi connectivity index (χ0v) is 12.2. The average molecular weight is 261 g/mol. The van der Waals surface area contributed by atoms with Crippen LogP contribution in [0.2, 0.25) is 0 Å². The lowest BCUT2D eigenvalue weighted by molar-refractivity contribution is 0.0846. The second-order valence-corrected chi connectivity index (χ2v) is 4.83. The maximum atomic E-state index is 9.25. The Kier molecular flexibility index (Phi) is 6.34. The molecule has 0 saturated carbocycles. The second kappa shape index (κ2) is 7.78. The highest BCUT2D eigenvalue weighted by Crippen LogP contribution is 2.20. The molecule has 0 atom stereocenters. The summed E-state index contributed by atoms with van der Waals surface area (Å²) in [7, 11) is 3.88. The molecule has 0 aliphatic carbocycles. The van der Waals surface area contributed by atoms with Crippen LogP contribution in [0.4, 0.5) is 5.69 Å². The molecule has 0 bridgehead atoms. The van der Waals surface area contributed by atoms with Crippen LogP contribution in [0.3, 0.4) is 0 Å². The van der Waals surface area contributed by atoms with Crippen molar-refractivity contribution in [3.05, 3.63) is 29.3 Å². The molecule has 0 aromatic heterocycles. The maximum absolute atomic E-state index is 9.25. The van der Waals surface area contributed by atoms with E-state index >= 15 is 0 Å². The van der Waals surface area contributed by atoms with Gasteiger partial charge in [0.15, 0.2) is 0 Å². The molecule has 0 heterocycles. The first-order valence-corrected chi connectivity index (χ1v) is 6.58. The molecule has 0 fully saturated rings. The number of hydrogen-bond acceptors (Lipinski definition) is 4. The predicted molar refractivity (Wildman–Crippen MR) is 78.3 cm³/mol. The molecule has 0 amide bonds. The summed E-state index contributed by atoms with van der Waals surface area (Å²) in [4.78, 5) is 2.06. The molecule has 1 aromatic carbocycles. The molecule has 4 heteroatoms. The molecule has 0 aliphatic rings. The Balaban J connectivity index is 2.73. The summed E-state index contributed by atoms with van der Waals surface area (Å²) in [5.41, 5.74) is 2.78. The number of ether oxygens (including phenoxy) is 1. The van der Waals surface area contributed by atoms with Crippen molar-refractivity contribution < 1.29 is 4.74 Å². The summed E-state index contributed by atoms with van der Waals surface area (Å²) < 4.78 is 5.54. The van der Waals surface area contributed by atoms with Gasteiger partial charge in [0.05, 0.1) is 24.0 Å². The Hall–Kier alpha value is -1.57. The van der Waals surface area contributed by atoms with E-state index in [0.29, 0.717) is 12.2 Å². The van der Waals surface area contributed by atoms with Gasteiger partial charge in [-0.15, -0.1) is 0 Å². The fourth-order valence-electron chi connectivity index (χ4n) is 1.87. The van der Waals surface area contributed by atoms with Crippen molar-refractivity contribution in [1.82, 2.24) is 5.32 Å². The Labute approximate surface area is 116 Å². The topological polar surface area (TPSA) is 48.3 Å². The van der Waals surface area contributed by atoms with Crippen LogP contribution in [0, 0.1) is 11.3 Å². The average Bonchev–Trinajstić information content (AvgIpc) is 2.38. The Bertz CT molecular complexity index is 438. The van der Waals surface area contributed by atoms with Crippen molar-refractivity contribution in [2.75, 3.05) is 32.1 Å². The molecule has 19 heavy (non-hydrogen) atoms. The summed E-state index contributed by atoms with van der Waals surface area (Å²) in [5, 5.41) is 12.3. The molecule has 4 nitrogen and oxygen atoms in total. The van der Waals surface area contributed by atoms with Gasteiger partial charge in [0.25, 0.3) is 0 Å². The zero-order chi connectivity index (χ0) is 14.3. The molecule has 104 valence electrons. The fourth-order valence-corrected chi connectivity index (χ4v) is 1.87. The number of benzene rings is 1. The summed E-state index contributed by atoms with van der Waals surface area (Å²) in [5.74, 6) is 0. The van der Waals surface area contributed by atoms with Gasteiger partial charge >= 0.3 is 0 Å². The third kappa shape index (κ3) is 4.90. The van der Waals surface area contributed by atoms with E-state index < -0.39 is 0 Å². The van der Waals surface area contributed by atoms with Crippen molar-refractivity contribution >= 4 is 5.69 Å². The lowest BCUT2D eigenvalue weighted by atomic mass is 10.1. The van der Waals surface area contributed by atoms with Crippen molar-refractivity contribution in [3.63, 3.8) is 0 Å². The Morgan fingerprint density at radius 1 is 1.42 bits per heavy atom. The molecule has 0 unspecified atom stereocenters. The molecule has 1 aromatic rings. The highest BCUT2D eigenvalue weighted by atomic mass is 16.5. The number of hydrogen-bond donors (Lipinski definition) is 1. The first-order valence-electron chi connectivity index (χ1n) is 6.58. The SMILES string of the molecule is CNCc1ccc(N(C)CCOC(C)C)c(C#N)c1. The first kappa shape index (κ1) is 15.5. The van der Waals surface area contributed by atoms with Crippen LogP contribution in [-0.4, -0.2) is 33.4 Å². The molecule has 0 saturated heterocycles. The number of nitrogens with one attached hydrogen (secondary N) is 1. The standard InChI is InChI=1S/C15H23N3O/c1-12(2)19-8-7-18(4)15-6-5-13(11-17-3)9-14(15)10-16/h5-6,9,12,17H,7-8,11H2,1-4H3. The van der Waals surface area contributed by atoms with Crippen LogP contribution in [0.15, 0.2) is 18.2 Å². The Morgan fingerprint density at radius 2 is 2.16 bits per heavy atom. The zero-order valence-electron chi connectivity index (χ0n) is 12.2. The summed E-state index contributed by atoms with van der Waals surface area (Å²) in [6, 6.07) is 8.25. The Morgan fingerprint density at radius 3 is 2.74 bits per heavy atom. The second-order valence-electron chi connectivity index (χ2n) is 4.83. The van der Waals surface area contributed by atoms with Gasteiger partial charge in [-0.2, -0.15) is 5.26 Å². The summed E-state index contributed by atoms with van der Waals surface area (Å²) >= 11 is 0. The summed E-state index contributed by atoms with van der Waals surface area (Å²) in [6.45, 7) is 6.26. The van der Waals surface area contributed by atoms with Crippen molar-refractivity contribution in [3.8, 4) is 6.07 Å². The molecule has 0 spiro atoms. The van der Waals surface area contributed by atoms with Crippen molar-refractivity contribution in [1.29, 1.82) is 5.26 Å². The van der Waals surface area contributed by atoms with Gasteiger partial charge in [-0.05, 0) is 38.6 Å². The maximum Gasteiger partial charge on any atom is 0.101 e. The van der Waals surface area contributed by atoms with E-state index in [1.807, 2.05) is 46.1 Å². The predicted octanol–water partition coefficient (Wildman–Crippen LogP) is 2.14. The quantitative estimate of drug-likeness (QED) is 0.817. The van der Waals surface area contributed by atoms with Crippen LogP contribution in [0.1, 0.15) is 25.0 Å². The normalized spacial score (nSPS) is 10.5. The van der Waals surface area contributed by atoms with E-state index in [2.05, 4.69) is 16.3 Å². The number of nitrogens with zero attached hydrogens (tertiary/aromatic N) is 2. The fraction of sp³-hybridized carbons (Fsp3) is 0.533. The van der Waals surface area contributed by atoms with Crippen molar-refractivity contribution in [2.24, 2.45) is 0 Å². The number of anilines is 1. The minimum absolute atomic E-state index is 0.238. The van der Waals surface area contributed by atoms with E-state index in [-0.39, 0.29) is 6.10 Å². The van der Waals surface area contributed by atoms with E-state index in [4.69, 9.17) is 4.74 Å². The lowest BCUT2D eigenvalue weighted by Gasteiger charge is -2.21. The van der Waals surface area contributed by atoms with Gasteiger partial charge in [-0.25, -0.2) is 0 Å². The van der Waals surface area contributed by atoms with Gasteiger partial charge in [0, 0.05) is 20.1 Å². The number of rotatable bonds is 7. The van der Waals surface area contributed by atoms with Gasteiger partial charge in [0.1, 0.15) is 6.07 Å². The summed E-state index contributed by atoms with van der Waals surface area (Å²) in [6.07, 6.45) is 0.238. The van der Waals surface area contributed by atoms with Crippen LogP contribution in [0.25, 0.3) is 0 Å². The van der Waals surface area contributed by atoms with Crippen LogP contribution in [-0.2, 0) is 11.3 Å².